The Bertz CT molecular complexity index is 1010. The number of halogens is 3. The highest BCUT2D eigenvalue weighted by molar-refractivity contribution is 9.10. The fourth-order valence-electron chi connectivity index (χ4n) is 2.18. The molecule has 0 saturated carbocycles. The van der Waals surface area contributed by atoms with Crippen LogP contribution in [0.25, 0.3) is 10.9 Å². The number of aromatic nitrogens is 2. The lowest BCUT2D eigenvalue weighted by Crippen LogP contribution is -2.28. The van der Waals surface area contributed by atoms with E-state index in [0.717, 1.165) is 4.57 Å². The van der Waals surface area contributed by atoms with Crippen molar-refractivity contribution in [2.24, 2.45) is 0 Å². The van der Waals surface area contributed by atoms with E-state index < -0.39 is 17.3 Å². The third-order valence-electron chi connectivity index (χ3n) is 3.31. The number of carbonyl (C=O) groups is 1. The van der Waals surface area contributed by atoms with Gasteiger partial charge < -0.3 is 5.32 Å². The molecule has 24 heavy (non-hydrogen) atoms. The van der Waals surface area contributed by atoms with Gasteiger partial charge in [-0.15, -0.1) is 0 Å². The van der Waals surface area contributed by atoms with Crippen molar-refractivity contribution in [1.29, 1.82) is 0 Å². The Morgan fingerprint density at radius 3 is 2.83 bits per heavy atom. The average Bonchev–Trinajstić information content (AvgIpc) is 2.53. The summed E-state index contributed by atoms with van der Waals surface area (Å²) >= 11 is 9.02. The minimum atomic E-state index is -0.575. The normalized spacial score (nSPS) is 10.8. The summed E-state index contributed by atoms with van der Waals surface area (Å²) in [6, 6.07) is 9.02. The largest absolute Gasteiger partial charge is 0.322 e. The summed E-state index contributed by atoms with van der Waals surface area (Å²) in [5.74, 6) is -1.12. The smallest absolute Gasteiger partial charge is 0.261 e. The highest BCUT2D eigenvalue weighted by Gasteiger charge is 2.11. The molecule has 1 N–H and O–H groups in total. The van der Waals surface area contributed by atoms with Gasteiger partial charge in [0.05, 0.1) is 22.9 Å². The predicted octanol–water partition coefficient (Wildman–Crippen LogP) is 3.59. The number of amides is 1. The molecule has 0 saturated heterocycles. The Morgan fingerprint density at radius 1 is 1.29 bits per heavy atom. The molecule has 0 aliphatic heterocycles. The first-order chi connectivity index (χ1) is 11.4. The molecule has 3 rings (SSSR count). The molecule has 5 nitrogen and oxygen atoms in total. The van der Waals surface area contributed by atoms with Gasteiger partial charge in [0.25, 0.3) is 5.56 Å². The van der Waals surface area contributed by atoms with Crippen LogP contribution in [0, 0.1) is 5.82 Å². The van der Waals surface area contributed by atoms with Crippen LogP contribution in [0.5, 0.6) is 0 Å². The number of hydrogen-bond acceptors (Lipinski definition) is 3. The molecule has 1 aromatic heterocycles. The van der Waals surface area contributed by atoms with Crippen LogP contribution in [0.1, 0.15) is 0 Å². The van der Waals surface area contributed by atoms with Gasteiger partial charge in [-0.1, -0.05) is 27.5 Å². The second-order valence-corrected chi connectivity index (χ2v) is 6.36. The Hall–Kier alpha value is -2.25. The fraction of sp³-hybridized carbons (Fsp3) is 0.0625. The summed E-state index contributed by atoms with van der Waals surface area (Å²) in [5, 5.41) is 3.14. The van der Waals surface area contributed by atoms with Crippen molar-refractivity contribution >= 4 is 50.0 Å². The molecule has 0 aliphatic carbocycles. The summed E-state index contributed by atoms with van der Waals surface area (Å²) < 4.78 is 15.4. The highest BCUT2D eigenvalue weighted by atomic mass is 79.9. The molecule has 0 aliphatic rings. The van der Waals surface area contributed by atoms with Crippen molar-refractivity contribution in [1.82, 2.24) is 9.55 Å². The molecule has 0 atom stereocenters. The van der Waals surface area contributed by atoms with Crippen LogP contribution in [-0.2, 0) is 11.3 Å². The van der Waals surface area contributed by atoms with E-state index in [2.05, 4.69) is 26.2 Å². The van der Waals surface area contributed by atoms with Gasteiger partial charge in [-0.2, -0.15) is 0 Å². The number of anilines is 1. The van der Waals surface area contributed by atoms with Crippen LogP contribution in [0.2, 0.25) is 5.02 Å². The topological polar surface area (TPSA) is 64.0 Å². The first-order valence-corrected chi connectivity index (χ1v) is 8.01. The zero-order chi connectivity index (χ0) is 17.3. The van der Waals surface area contributed by atoms with Crippen molar-refractivity contribution in [2.45, 2.75) is 6.54 Å². The lowest BCUT2D eigenvalue weighted by Gasteiger charge is -2.09. The van der Waals surface area contributed by atoms with Gasteiger partial charge in [0, 0.05) is 9.50 Å². The van der Waals surface area contributed by atoms with E-state index >= 15 is 0 Å². The standard InChI is InChI=1S/C16H10BrClFN3O2/c17-9-1-3-14(12(19)5-9)21-15(23)7-22-8-20-13-4-2-10(18)6-11(13)16(22)24/h1-6,8H,7H2,(H,21,23). The van der Waals surface area contributed by atoms with Crippen molar-refractivity contribution in [3.05, 3.63) is 68.4 Å². The predicted molar refractivity (Wildman–Crippen MR) is 93.7 cm³/mol. The van der Waals surface area contributed by atoms with Gasteiger partial charge in [0.2, 0.25) is 5.91 Å². The number of carbonyl (C=O) groups excluding carboxylic acids is 1. The van der Waals surface area contributed by atoms with E-state index in [0.29, 0.717) is 20.4 Å². The third-order valence-corrected chi connectivity index (χ3v) is 4.03. The van der Waals surface area contributed by atoms with E-state index in [1.54, 1.807) is 18.2 Å². The van der Waals surface area contributed by atoms with Crippen LogP contribution < -0.4 is 10.9 Å². The zero-order valence-corrected chi connectivity index (χ0v) is 14.4. The van der Waals surface area contributed by atoms with Crippen molar-refractivity contribution in [2.75, 3.05) is 5.32 Å². The molecule has 8 heteroatoms. The van der Waals surface area contributed by atoms with Gasteiger partial charge >= 0.3 is 0 Å². The molecule has 0 radical (unpaired) electrons. The molecule has 0 unspecified atom stereocenters. The van der Waals surface area contributed by atoms with Gasteiger partial charge in [0.15, 0.2) is 0 Å². The Morgan fingerprint density at radius 2 is 2.08 bits per heavy atom. The van der Waals surface area contributed by atoms with Crippen LogP contribution in [0.15, 0.2) is 52.0 Å². The summed E-state index contributed by atoms with van der Waals surface area (Å²) in [6.07, 6.45) is 1.27. The van der Waals surface area contributed by atoms with Gasteiger partial charge in [-0.05, 0) is 36.4 Å². The highest BCUT2D eigenvalue weighted by Crippen LogP contribution is 2.19. The van der Waals surface area contributed by atoms with E-state index in [4.69, 9.17) is 11.6 Å². The molecule has 0 fully saturated rings. The first kappa shape index (κ1) is 16.6. The third kappa shape index (κ3) is 3.47. The lowest BCUT2D eigenvalue weighted by atomic mass is 10.2. The van der Waals surface area contributed by atoms with Crippen molar-refractivity contribution in [3.8, 4) is 0 Å². The number of benzene rings is 2. The Labute approximate surface area is 149 Å². The van der Waals surface area contributed by atoms with Crippen LogP contribution in [0.4, 0.5) is 10.1 Å². The molecule has 3 aromatic rings. The summed E-state index contributed by atoms with van der Waals surface area (Å²) in [6.45, 7) is -0.288. The van der Waals surface area contributed by atoms with E-state index in [9.17, 15) is 14.0 Å². The zero-order valence-electron chi connectivity index (χ0n) is 12.1. The molecule has 0 spiro atoms. The van der Waals surface area contributed by atoms with Crippen molar-refractivity contribution < 1.29 is 9.18 Å². The molecular formula is C16H10BrClFN3O2. The molecular weight excluding hydrogens is 401 g/mol. The molecule has 2 aromatic carbocycles. The van der Waals surface area contributed by atoms with Crippen molar-refractivity contribution in [3.63, 3.8) is 0 Å². The van der Waals surface area contributed by atoms with Gasteiger partial charge in [-0.3, -0.25) is 14.2 Å². The monoisotopic (exact) mass is 409 g/mol. The fourth-order valence-corrected chi connectivity index (χ4v) is 2.68. The minimum Gasteiger partial charge on any atom is -0.322 e. The molecule has 122 valence electrons. The average molecular weight is 411 g/mol. The number of fused-ring (bicyclic) bond motifs is 1. The number of nitrogens with zero attached hydrogens (tertiary/aromatic N) is 2. The number of rotatable bonds is 3. The van der Waals surface area contributed by atoms with E-state index in [-0.39, 0.29) is 12.2 Å². The number of hydrogen-bond donors (Lipinski definition) is 1. The summed E-state index contributed by atoms with van der Waals surface area (Å²) in [5.41, 5.74) is 0.127. The molecule has 1 amide bonds. The SMILES string of the molecule is O=C(Cn1cnc2ccc(Cl)cc2c1=O)Nc1ccc(Br)cc1F. The number of nitrogens with one attached hydrogen (secondary N) is 1. The molecule has 1 heterocycles. The van der Waals surface area contributed by atoms with Gasteiger partial charge in [0.1, 0.15) is 12.4 Å². The maximum Gasteiger partial charge on any atom is 0.261 e. The summed E-state index contributed by atoms with van der Waals surface area (Å²) in [7, 11) is 0. The summed E-state index contributed by atoms with van der Waals surface area (Å²) in [4.78, 5) is 28.6. The van der Waals surface area contributed by atoms with Crippen LogP contribution in [-0.4, -0.2) is 15.5 Å². The maximum absolute atomic E-state index is 13.7. The Kier molecular flexibility index (Phi) is 4.64. The minimum absolute atomic E-state index is 0.0352. The van der Waals surface area contributed by atoms with E-state index in [1.807, 2.05) is 0 Å². The van der Waals surface area contributed by atoms with Gasteiger partial charge in [-0.25, -0.2) is 9.37 Å². The lowest BCUT2D eigenvalue weighted by molar-refractivity contribution is -0.116. The second-order valence-electron chi connectivity index (χ2n) is 5.01. The first-order valence-electron chi connectivity index (χ1n) is 6.83. The van der Waals surface area contributed by atoms with E-state index in [1.165, 1.54) is 24.5 Å². The second kappa shape index (κ2) is 6.70. The van der Waals surface area contributed by atoms with Crippen LogP contribution in [0.3, 0.4) is 0 Å². The molecule has 0 bridgehead atoms. The Balaban J connectivity index is 1.85. The van der Waals surface area contributed by atoms with Crippen LogP contribution >= 0.6 is 27.5 Å². The maximum atomic E-state index is 13.7. The quantitative estimate of drug-likeness (QED) is 0.718.